The van der Waals surface area contributed by atoms with Crippen LogP contribution in [0.25, 0.3) is 10.9 Å². The summed E-state index contributed by atoms with van der Waals surface area (Å²) in [6.45, 7) is 0. The normalized spacial score (nSPS) is 12.6. The summed E-state index contributed by atoms with van der Waals surface area (Å²) in [4.78, 5) is 13.9. The van der Waals surface area contributed by atoms with Gasteiger partial charge in [0.05, 0.1) is 19.6 Å². The van der Waals surface area contributed by atoms with E-state index in [9.17, 15) is 14.3 Å². The molecule has 0 unspecified atom stereocenters. The highest BCUT2D eigenvalue weighted by Crippen LogP contribution is 2.28. The van der Waals surface area contributed by atoms with Gasteiger partial charge in [-0.25, -0.2) is 4.39 Å². The molecule has 0 radical (unpaired) electrons. The molecule has 1 heterocycles. The average molecular weight is 237 g/mol. The van der Waals surface area contributed by atoms with Crippen LogP contribution >= 0.6 is 0 Å². The van der Waals surface area contributed by atoms with Gasteiger partial charge in [0.2, 0.25) is 0 Å². The SMILES string of the molecule is COC(=O)C[C@H](O)c1c[nH]c2cccc(F)c12. The molecule has 17 heavy (non-hydrogen) atoms. The molecule has 0 aliphatic carbocycles. The maximum atomic E-state index is 13.6. The van der Waals surface area contributed by atoms with E-state index in [2.05, 4.69) is 9.72 Å². The third-order valence-electron chi connectivity index (χ3n) is 2.63. The molecule has 5 heteroatoms. The van der Waals surface area contributed by atoms with Crippen molar-refractivity contribution in [2.75, 3.05) is 7.11 Å². The standard InChI is InChI=1S/C12H12FNO3/c1-17-11(16)5-10(15)7-6-14-9-4-2-3-8(13)12(7)9/h2-4,6,10,14-15H,5H2,1H3/t10-/m0/s1. The Morgan fingerprint density at radius 1 is 1.59 bits per heavy atom. The summed E-state index contributed by atoms with van der Waals surface area (Å²) in [7, 11) is 1.24. The van der Waals surface area contributed by atoms with Gasteiger partial charge in [-0.05, 0) is 12.1 Å². The summed E-state index contributed by atoms with van der Waals surface area (Å²) >= 11 is 0. The van der Waals surface area contributed by atoms with E-state index in [1.807, 2.05) is 0 Å². The number of fused-ring (bicyclic) bond motifs is 1. The summed E-state index contributed by atoms with van der Waals surface area (Å²) < 4.78 is 18.1. The summed E-state index contributed by atoms with van der Waals surface area (Å²) in [5.41, 5.74) is 0.951. The zero-order valence-corrected chi connectivity index (χ0v) is 9.24. The second-order valence-corrected chi connectivity index (χ2v) is 3.70. The van der Waals surface area contributed by atoms with E-state index in [4.69, 9.17) is 0 Å². The number of aromatic amines is 1. The van der Waals surface area contributed by atoms with Gasteiger partial charge in [-0.15, -0.1) is 0 Å². The van der Waals surface area contributed by atoms with Crippen molar-refractivity contribution in [3.63, 3.8) is 0 Å². The predicted molar refractivity (Wildman–Crippen MR) is 59.8 cm³/mol. The molecule has 1 aromatic heterocycles. The zero-order chi connectivity index (χ0) is 12.4. The van der Waals surface area contributed by atoms with E-state index in [0.717, 1.165) is 0 Å². The number of hydrogen-bond acceptors (Lipinski definition) is 3. The van der Waals surface area contributed by atoms with Crippen molar-refractivity contribution in [2.24, 2.45) is 0 Å². The third-order valence-corrected chi connectivity index (χ3v) is 2.63. The molecular formula is C12H12FNO3. The number of methoxy groups -OCH3 is 1. The van der Waals surface area contributed by atoms with E-state index in [-0.39, 0.29) is 6.42 Å². The first kappa shape index (κ1) is 11.6. The van der Waals surface area contributed by atoms with Crippen LogP contribution in [0.2, 0.25) is 0 Å². The number of hydrogen-bond donors (Lipinski definition) is 2. The molecule has 0 aliphatic heterocycles. The van der Waals surface area contributed by atoms with E-state index >= 15 is 0 Å². The van der Waals surface area contributed by atoms with Gasteiger partial charge >= 0.3 is 5.97 Å². The number of halogens is 1. The summed E-state index contributed by atoms with van der Waals surface area (Å²) in [5.74, 6) is -0.967. The molecule has 0 bridgehead atoms. The minimum Gasteiger partial charge on any atom is -0.469 e. The molecule has 4 nitrogen and oxygen atoms in total. The van der Waals surface area contributed by atoms with Crippen LogP contribution in [0.5, 0.6) is 0 Å². The van der Waals surface area contributed by atoms with Crippen molar-refractivity contribution in [1.82, 2.24) is 4.98 Å². The second kappa shape index (κ2) is 4.55. The molecule has 0 aliphatic rings. The first-order valence-corrected chi connectivity index (χ1v) is 5.14. The molecule has 0 fully saturated rings. The Morgan fingerprint density at radius 2 is 2.35 bits per heavy atom. The number of aromatic nitrogens is 1. The number of rotatable bonds is 3. The van der Waals surface area contributed by atoms with Crippen LogP contribution in [-0.2, 0) is 9.53 Å². The van der Waals surface area contributed by atoms with Crippen molar-refractivity contribution in [3.8, 4) is 0 Å². The van der Waals surface area contributed by atoms with Crippen LogP contribution in [-0.4, -0.2) is 23.2 Å². The molecular weight excluding hydrogens is 225 g/mol. The quantitative estimate of drug-likeness (QED) is 0.801. The molecule has 0 saturated heterocycles. The lowest BCUT2D eigenvalue weighted by atomic mass is 10.1. The van der Waals surface area contributed by atoms with Crippen LogP contribution in [0.1, 0.15) is 18.1 Å². The summed E-state index contributed by atoms with van der Waals surface area (Å²) in [5, 5.41) is 10.2. The maximum absolute atomic E-state index is 13.6. The van der Waals surface area contributed by atoms with Crippen LogP contribution in [0.4, 0.5) is 4.39 Å². The second-order valence-electron chi connectivity index (χ2n) is 3.70. The fraction of sp³-hybridized carbons (Fsp3) is 0.250. The van der Waals surface area contributed by atoms with Crippen molar-refractivity contribution in [3.05, 3.63) is 35.8 Å². The Kier molecular flexibility index (Phi) is 3.10. The number of nitrogens with one attached hydrogen (secondary N) is 1. The minimum atomic E-state index is -1.08. The molecule has 2 rings (SSSR count). The van der Waals surface area contributed by atoms with Gasteiger partial charge in [0, 0.05) is 22.7 Å². The van der Waals surface area contributed by atoms with Crippen LogP contribution in [0, 0.1) is 5.82 Å². The predicted octanol–water partition coefficient (Wildman–Crippen LogP) is 1.90. The smallest absolute Gasteiger partial charge is 0.308 e. The Balaban J connectivity index is 2.38. The van der Waals surface area contributed by atoms with Gasteiger partial charge < -0.3 is 14.8 Å². The van der Waals surface area contributed by atoms with Crippen LogP contribution in [0.15, 0.2) is 24.4 Å². The molecule has 0 saturated carbocycles. The highest BCUT2D eigenvalue weighted by Gasteiger charge is 2.18. The Morgan fingerprint density at radius 3 is 3.06 bits per heavy atom. The molecule has 1 aromatic carbocycles. The number of ether oxygens (including phenoxy) is 1. The van der Waals surface area contributed by atoms with Gasteiger partial charge in [0.25, 0.3) is 0 Å². The largest absolute Gasteiger partial charge is 0.469 e. The zero-order valence-electron chi connectivity index (χ0n) is 9.24. The third kappa shape index (κ3) is 2.14. The molecule has 0 spiro atoms. The van der Waals surface area contributed by atoms with Crippen LogP contribution in [0.3, 0.4) is 0 Å². The fourth-order valence-corrected chi connectivity index (χ4v) is 1.78. The first-order valence-electron chi connectivity index (χ1n) is 5.14. The van der Waals surface area contributed by atoms with Gasteiger partial charge in [-0.1, -0.05) is 6.07 Å². The number of H-pyrrole nitrogens is 1. The molecule has 1 atom stereocenters. The summed E-state index contributed by atoms with van der Waals surface area (Å²) in [6, 6.07) is 4.59. The number of esters is 1. The lowest BCUT2D eigenvalue weighted by Gasteiger charge is -2.08. The van der Waals surface area contributed by atoms with E-state index in [1.165, 1.54) is 19.4 Å². The topological polar surface area (TPSA) is 62.3 Å². The molecule has 2 aromatic rings. The highest BCUT2D eigenvalue weighted by molar-refractivity contribution is 5.84. The highest BCUT2D eigenvalue weighted by atomic mass is 19.1. The number of carbonyl (C=O) groups excluding carboxylic acids is 1. The minimum absolute atomic E-state index is 0.197. The van der Waals surface area contributed by atoms with E-state index in [0.29, 0.717) is 16.5 Å². The lowest BCUT2D eigenvalue weighted by molar-refractivity contribution is -0.142. The molecule has 2 N–H and O–H groups in total. The van der Waals surface area contributed by atoms with Crippen molar-refractivity contribution >= 4 is 16.9 Å². The van der Waals surface area contributed by atoms with Gasteiger partial charge in [-0.2, -0.15) is 0 Å². The van der Waals surface area contributed by atoms with Gasteiger partial charge in [0.1, 0.15) is 5.82 Å². The van der Waals surface area contributed by atoms with Crippen molar-refractivity contribution in [1.29, 1.82) is 0 Å². The fourth-order valence-electron chi connectivity index (χ4n) is 1.78. The lowest BCUT2D eigenvalue weighted by Crippen LogP contribution is -2.07. The number of benzene rings is 1. The number of aliphatic hydroxyl groups excluding tert-OH is 1. The molecule has 0 amide bonds. The monoisotopic (exact) mass is 237 g/mol. The van der Waals surface area contributed by atoms with Crippen molar-refractivity contribution in [2.45, 2.75) is 12.5 Å². The Bertz CT molecular complexity index is 550. The maximum Gasteiger partial charge on any atom is 0.308 e. The average Bonchev–Trinajstić information content (AvgIpc) is 2.74. The van der Waals surface area contributed by atoms with E-state index in [1.54, 1.807) is 12.1 Å². The molecule has 90 valence electrons. The van der Waals surface area contributed by atoms with E-state index < -0.39 is 17.9 Å². The van der Waals surface area contributed by atoms with Gasteiger partial charge in [-0.3, -0.25) is 4.79 Å². The first-order chi connectivity index (χ1) is 8.13. The summed E-state index contributed by atoms with van der Waals surface area (Å²) in [6.07, 6.45) is 0.229. The Hall–Kier alpha value is -1.88. The number of carbonyl (C=O) groups is 1. The van der Waals surface area contributed by atoms with Gasteiger partial charge in [0.15, 0.2) is 0 Å². The number of aliphatic hydroxyl groups is 1. The Labute approximate surface area is 97.0 Å². The van der Waals surface area contributed by atoms with Crippen LogP contribution < -0.4 is 0 Å². The van der Waals surface area contributed by atoms with Crippen molar-refractivity contribution < 1.29 is 19.0 Å².